The third-order valence-corrected chi connectivity index (χ3v) is 5.86. The Kier molecular flexibility index (Phi) is 2.92. The predicted octanol–water partition coefficient (Wildman–Crippen LogP) is 3.11. The third-order valence-electron chi connectivity index (χ3n) is 5.86. The Morgan fingerprint density at radius 1 is 1.05 bits per heavy atom. The Balaban J connectivity index is 1.54. The molecule has 3 aliphatic rings. The van der Waals surface area contributed by atoms with E-state index < -0.39 is 0 Å². The van der Waals surface area contributed by atoms with Crippen molar-refractivity contribution in [3.63, 3.8) is 0 Å². The van der Waals surface area contributed by atoms with Gasteiger partial charge in [-0.25, -0.2) is 0 Å². The van der Waals surface area contributed by atoms with Crippen LogP contribution in [-0.4, -0.2) is 27.7 Å². The van der Waals surface area contributed by atoms with E-state index in [-0.39, 0.29) is 11.5 Å². The van der Waals surface area contributed by atoms with E-state index in [1.54, 1.807) is 6.07 Å². The number of hydrogen-bond donors (Lipinski definition) is 2. The summed E-state index contributed by atoms with van der Waals surface area (Å²) in [4.78, 5) is 2.58. The lowest BCUT2D eigenvalue weighted by molar-refractivity contribution is -0.0344. The molecular formula is C17H23NO2. The van der Waals surface area contributed by atoms with Gasteiger partial charge >= 0.3 is 0 Å². The topological polar surface area (TPSA) is 43.7 Å². The van der Waals surface area contributed by atoms with Gasteiger partial charge in [0.05, 0.1) is 0 Å². The Bertz CT molecular complexity index is 514. The van der Waals surface area contributed by atoms with Crippen molar-refractivity contribution in [2.75, 3.05) is 6.54 Å². The van der Waals surface area contributed by atoms with Gasteiger partial charge in [-0.15, -0.1) is 0 Å². The van der Waals surface area contributed by atoms with Crippen LogP contribution in [0, 0.1) is 17.8 Å². The number of nitrogens with zero attached hydrogens (tertiary/aromatic N) is 1. The predicted molar refractivity (Wildman–Crippen MR) is 77.5 cm³/mol. The molecule has 1 aromatic rings. The van der Waals surface area contributed by atoms with Crippen LogP contribution in [0.25, 0.3) is 0 Å². The van der Waals surface area contributed by atoms with Crippen molar-refractivity contribution in [3.8, 4) is 11.5 Å². The maximum absolute atomic E-state index is 9.99. The second-order valence-corrected chi connectivity index (χ2v) is 7.07. The Morgan fingerprint density at radius 2 is 1.95 bits per heavy atom. The molecular weight excluding hydrogens is 250 g/mol. The van der Waals surface area contributed by atoms with Crippen LogP contribution in [0.4, 0.5) is 0 Å². The number of fused-ring (bicyclic) bond motifs is 2. The summed E-state index contributed by atoms with van der Waals surface area (Å²) in [6.07, 6.45) is 7.03. The smallest absolute Gasteiger partial charge is 0.123 e. The summed E-state index contributed by atoms with van der Waals surface area (Å²) < 4.78 is 0. The van der Waals surface area contributed by atoms with E-state index in [0.29, 0.717) is 6.04 Å². The van der Waals surface area contributed by atoms with Gasteiger partial charge in [0.1, 0.15) is 11.5 Å². The highest BCUT2D eigenvalue weighted by atomic mass is 16.3. The molecule has 108 valence electrons. The lowest BCUT2D eigenvalue weighted by Gasteiger charge is -2.53. The molecule has 2 aliphatic carbocycles. The summed E-state index contributed by atoms with van der Waals surface area (Å²) in [5.41, 5.74) is 0.947. The van der Waals surface area contributed by atoms with Crippen LogP contribution < -0.4 is 0 Å². The minimum atomic E-state index is 0.140. The zero-order valence-corrected chi connectivity index (χ0v) is 11.8. The van der Waals surface area contributed by atoms with Crippen LogP contribution in [0.15, 0.2) is 18.2 Å². The second-order valence-electron chi connectivity index (χ2n) is 7.07. The van der Waals surface area contributed by atoms with Gasteiger partial charge in [0.25, 0.3) is 0 Å². The van der Waals surface area contributed by atoms with Gasteiger partial charge in [-0.2, -0.15) is 0 Å². The molecule has 0 spiro atoms. The molecule has 4 atom stereocenters. The quantitative estimate of drug-likeness (QED) is 0.870. The number of benzene rings is 1. The summed E-state index contributed by atoms with van der Waals surface area (Å²) in [6.45, 7) is 2.02. The van der Waals surface area contributed by atoms with Crippen LogP contribution >= 0.6 is 0 Å². The number of rotatable bonds is 2. The highest BCUT2D eigenvalue weighted by Crippen LogP contribution is 2.48. The van der Waals surface area contributed by atoms with Crippen LogP contribution in [0.1, 0.15) is 37.7 Å². The maximum atomic E-state index is 9.99. The van der Waals surface area contributed by atoms with Gasteiger partial charge < -0.3 is 10.2 Å². The zero-order valence-electron chi connectivity index (χ0n) is 11.8. The maximum Gasteiger partial charge on any atom is 0.123 e. The fourth-order valence-electron chi connectivity index (χ4n) is 4.84. The normalized spacial score (nSPS) is 36.2. The minimum absolute atomic E-state index is 0.140. The average Bonchev–Trinajstić information content (AvgIpc) is 2.42. The fourth-order valence-corrected chi connectivity index (χ4v) is 4.84. The van der Waals surface area contributed by atoms with Crippen molar-refractivity contribution in [1.29, 1.82) is 0 Å². The molecule has 20 heavy (non-hydrogen) atoms. The van der Waals surface area contributed by atoms with Crippen molar-refractivity contribution in [2.45, 2.75) is 44.7 Å². The summed E-state index contributed by atoms with van der Waals surface area (Å²) in [6, 6.07) is 5.70. The third kappa shape index (κ3) is 2.08. The largest absolute Gasteiger partial charge is 0.508 e. The van der Waals surface area contributed by atoms with Crippen LogP contribution in [0.3, 0.4) is 0 Å². The first-order chi connectivity index (χ1) is 9.69. The number of phenols is 2. The average molecular weight is 273 g/mol. The molecule has 1 saturated heterocycles. The van der Waals surface area contributed by atoms with E-state index in [4.69, 9.17) is 0 Å². The summed E-state index contributed by atoms with van der Waals surface area (Å²) in [7, 11) is 0. The molecule has 0 amide bonds. The number of hydrogen-bond acceptors (Lipinski definition) is 3. The Hall–Kier alpha value is -1.22. The van der Waals surface area contributed by atoms with Crippen molar-refractivity contribution in [3.05, 3.63) is 23.8 Å². The van der Waals surface area contributed by atoms with E-state index in [9.17, 15) is 10.2 Å². The van der Waals surface area contributed by atoms with Gasteiger partial charge in [0, 0.05) is 30.8 Å². The van der Waals surface area contributed by atoms with Gasteiger partial charge in [-0.1, -0.05) is 12.5 Å². The zero-order chi connectivity index (χ0) is 13.7. The lowest BCUT2D eigenvalue weighted by atomic mass is 9.62. The highest BCUT2D eigenvalue weighted by Gasteiger charge is 2.44. The summed E-state index contributed by atoms with van der Waals surface area (Å²) >= 11 is 0. The van der Waals surface area contributed by atoms with Gasteiger partial charge in [0.2, 0.25) is 0 Å². The summed E-state index contributed by atoms with van der Waals surface area (Å²) in [5, 5.41) is 19.4. The Morgan fingerprint density at radius 3 is 2.80 bits per heavy atom. The van der Waals surface area contributed by atoms with E-state index >= 15 is 0 Å². The molecule has 4 unspecified atom stereocenters. The van der Waals surface area contributed by atoms with Gasteiger partial charge in [-0.05, 0) is 49.5 Å². The number of phenolic OH excluding ortho intramolecular Hbond substituents is 2. The number of likely N-dealkylation sites (tertiary alicyclic amines) is 1. The fraction of sp³-hybridized carbons (Fsp3) is 0.647. The SMILES string of the molecule is Oc1ccc(CN2CC3CCC4CC3CC2C4)c(O)c1. The minimum Gasteiger partial charge on any atom is -0.508 e. The van der Waals surface area contributed by atoms with Crippen molar-refractivity contribution in [1.82, 2.24) is 4.90 Å². The van der Waals surface area contributed by atoms with E-state index in [2.05, 4.69) is 4.90 Å². The lowest BCUT2D eigenvalue weighted by Crippen LogP contribution is -2.53. The Labute approximate surface area is 120 Å². The number of piperidine rings is 1. The van der Waals surface area contributed by atoms with Crippen LogP contribution in [0.2, 0.25) is 0 Å². The van der Waals surface area contributed by atoms with Crippen molar-refractivity contribution >= 4 is 0 Å². The second kappa shape index (κ2) is 4.66. The molecule has 0 aromatic heterocycles. The first kappa shape index (κ1) is 12.5. The van der Waals surface area contributed by atoms with Gasteiger partial charge in [-0.3, -0.25) is 4.90 Å². The standard InChI is InChI=1S/C17H23NO2/c19-16-4-3-13(17(20)8-16)10-18-9-12-2-1-11-5-14(12)7-15(18)6-11/h3-4,8,11-12,14-15,19-20H,1-2,5-7,9-10H2. The summed E-state index contributed by atoms with van der Waals surface area (Å²) in [5.74, 6) is 3.17. The van der Waals surface area contributed by atoms with Crippen LogP contribution in [-0.2, 0) is 6.54 Å². The molecule has 2 saturated carbocycles. The molecule has 1 aliphatic heterocycles. The monoisotopic (exact) mass is 273 g/mol. The first-order valence-electron chi connectivity index (χ1n) is 7.94. The van der Waals surface area contributed by atoms with E-state index in [1.165, 1.54) is 44.7 Å². The molecule has 0 radical (unpaired) electrons. The molecule has 1 aromatic carbocycles. The van der Waals surface area contributed by atoms with Gasteiger partial charge in [0.15, 0.2) is 0 Å². The molecule has 3 bridgehead atoms. The molecule has 1 heterocycles. The van der Waals surface area contributed by atoms with E-state index in [1.807, 2.05) is 6.07 Å². The van der Waals surface area contributed by atoms with Crippen LogP contribution in [0.5, 0.6) is 11.5 Å². The highest BCUT2D eigenvalue weighted by molar-refractivity contribution is 5.38. The van der Waals surface area contributed by atoms with Crippen molar-refractivity contribution in [2.24, 2.45) is 17.8 Å². The molecule has 2 N–H and O–H groups in total. The molecule has 3 fully saturated rings. The molecule has 4 rings (SSSR count). The van der Waals surface area contributed by atoms with Crippen molar-refractivity contribution < 1.29 is 10.2 Å². The molecule has 3 heteroatoms. The first-order valence-corrected chi connectivity index (χ1v) is 7.94. The number of aromatic hydroxyl groups is 2. The van der Waals surface area contributed by atoms with E-state index in [0.717, 1.165) is 29.9 Å². The molecule has 3 nitrogen and oxygen atoms in total.